The van der Waals surface area contributed by atoms with Gasteiger partial charge in [0.25, 0.3) is 0 Å². The van der Waals surface area contributed by atoms with Gasteiger partial charge in [-0.05, 0) is 18.1 Å². The van der Waals surface area contributed by atoms with Crippen LogP contribution in [0.1, 0.15) is 18.2 Å². The highest BCUT2D eigenvalue weighted by molar-refractivity contribution is 5.19. The lowest BCUT2D eigenvalue weighted by Gasteiger charge is -1.98. The van der Waals surface area contributed by atoms with Gasteiger partial charge in [0.2, 0.25) is 0 Å². The third kappa shape index (κ3) is 1.39. The second-order valence-electron chi connectivity index (χ2n) is 2.27. The number of hydrogen-bond donors (Lipinski definition) is 1. The first-order valence-electron chi connectivity index (χ1n) is 3.52. The van der Waals surface area contributed by atoms with E-state index in [1.807, 2.05) is 6.20 Å². The van der Waals surface area contributed by atoms with Crippen LogP contribution >= 0.6 is 0 Å². The second kappa shape index (κ2) is 3.42. The maximum Gasteiger partial charge on any atom is 0.0730 e. The molecule has 56 valence electrons. The molecule has 1 aromatic heterocycles. The van der Waals surface area contributed by atoms with E-state index in [1.54, 1.807) is 7.11 Å². The smallest absolute Gasteiger partial charge is 0.0730 e. The van der Waals surface area contributed by atoms with Crippen molar-refractivity contribution in [2.24, 2.45) is 0 Å². The number of aryl methyl sites for hydroxylation is 1. The zero-order valence-electron chi connectivity index (χ0n) is 6.48. The predicted octanol–water partition coefficient (Wildman–Crippen LogP) is 1.72. The summed E-state index contributed by atoms with van der Waals surface area (Å²) >= 11 is 0. The summed E-state index contributed by atoms with van der Waals surface area (Å²) in [5.41, 5.74) is 2.55. The Balaban J connectivity index is 2.70. The van der Waals surface area contributed by atoms with E-state index in [0.29, 0.717) is 6.61 Å². The van der Waals surface area contributed by atoms with Gasteiger partial charge >= 0.3 is 0 Å². The van der Waals surface area contributed by atoms with Crippen LogP contribution in [0.25, 0.3) is 0 Å². The molecule has 0 aliphatic rings. The highest BCUT2D eigenvalue weighted by atomic mass is 16.5. The van der Waals surface area contributed by atoms with E-state index in [4.69, 9.17) is 4.74 Å². The van der Waals surface area contributed by atoms with Crippen molar-refractivity contribution >= 4 is 0 Å². The summed E-state index contributed by atoms with van der Waals surface area (Å²) in [6, 6.07) is 2.06. The molecule has 1 aromatic rings. The van der Waals surface area contributed by atoms with Crippen LogP contribution in [0.4, 0.5) is 0 Å². The molecule has 0 aliphatic carbocycles. The van der Waals surface area contributed by atoms with Gasteiger partial charge in [0, 0.05) is 19.0 Å². The first-order chi connectivity index (χ1) is 4.88. The van der Waals surface area contributed by atoms with Crippen molar-refractivity contribution < 1.29 is 4.74 Å². The van der Waals surface area contributed by atoms with Crippen LogP contribution in [-0.4, -0.2) is 12.1 Å². The van der Waals surface area contributed by atoms with Gasteiger partial charge in [-0.25, -0.2) is 0 Å². The number of methoxy groups -OCH3 is 1. The largest absolute Gasteiger partial charge is 0.380 e. The van der Waals surface area contributed by atoms with E-state index in [9.17, 15) is 0 Å². The lowest BCUT2D eigenvalue weighted by molar-refractivity contribution is 0.184. The van der Waals surface area contributed by atoms with E-state index in [0.717, 1.165) is 6.42 Å². The fourth-order valence-electron chi connectivity index (χ4n) is 1.06. The van der Waals surface area contributed by atoms with Crippen molar-refractivity contribution in [1.29, 1.82) is 0 Å². The molecule has 2 heteroatoms. The summed E-state index contributed by atoms with van der Waals surface area (Å²) in [4.78, 5) is 3.16. The van der Waals surface area contributed by atoms with Crippen LogP contribution in [0.15, 0.2) is 12.3 Å². The number of hydrogen-bond acceptors (Lipinski definition) is 1. The van der Waals surface area contributed by atoms with Crippen molar-refractivity contribution in [1.82, 2.24) is 4.98 Å². The lowest BCUT2D eigenvalue weighted by Crippen LogP contribution is -1.90. The molecule has 2 nitrogen and oxygen atoms in total. The molecule has 1 rings (SSSR count). The SMILES string of the molecule is CCc1[nH]ccc1COC. The number of H-pyrrole nitrogens is 1. The molecule has 0 aliphatic heterocycles. The third-order valence-corrected chi connectivity index (χ3v) is 1.58. The number of aromatic nitrogens is 1. The molecule has 0 bridgehead atoms. The molecular formula is C8H13NO. The summed E-state index contributed by atoms with van der Waals surface area (Å²) < 4.78 is 5.01. The first kappa shape index (κ1) is 7.35. The van der Waals surface area contributed by atoms with E-state index in [-0.39, 0.29) is 0 Å². The van der Waals surface area contributed by atoms with Gasteiger partial charge in [-0.2, -0.15) is 0 Å². The zero-order valence-corrected chi connectivity index (χ0v) is 6.48. The minimum atomic E-state index is 0.715. The van der Waals surface area contributed by atoms with Crippen LogP contribution in [0.5, 0.6) is 0 Å². The Kier molecular flexibility index (Phi) is 2.51. The van der Waals surface area contributed by atoms with E-state index in [2.05, 4.69) is 18.0 Å². The van der Waals surface area contributed by atoms with Crippen LogP contribution in [-0.2, 0) is 17.8 Å². The molecular weight excluding hydrogens is 126 g/mol. The third-order valence-electron chi connectivity index (χ3n) is 1.58. The van der Waals surface area contributed by atoms with Crippen LogP contribution in [0.2, 0.25) is 0 Å². The standard InChI is InChI=1S/C8H13NO/c1-3-8-7(6-10-2)4-5-9-8/h4-5,9H,3,6H2,1-2H3. The second-order valence-corrected chi connectivity index (χ2v) is 2.27. The maximum absolute atomic E-state index is 5.01. The van der Waals surface area contributed by atoms with Gasteiger partial charge < -0.3 is 9.72 Å². The fraction of sp³-hybridized carbons (Fsp3) is 0.500. The topological polar surface area (TPSA) is 25.0 Å². The molecule has 0 amide bonds. The highest BCUT2D eigenvalue weighted by Crippen LogP contribution is 2.07. The minimum absolute atomic E-state index is 0.715. The molecule has 0 atom stereocenters. The Labute approximate surface area is 61.2 Å². The van der Waals surface area contributed by atoms with Crippen molar-refractivity contribution in [2.45, 2.75) is 20.0 Å². The quantitative estimate of drug-likeness (QED) is 0.677. The van der Waals surface area contributed by atoms with Crippen LogP contribution < -0.4 is 0 Å². The average molecular weight is 139 g/mol. The van der Waals surface area contributed by atoms with E-state index < -0.39 is 0 Å². The molecule has 1 N–H and O–H groups in total. The normalized spacial score (nSPS) is 10.2. The average Bonchev–Trinajstić information content (AvgIpc) is 2.36. The number of ether oxygens (including phenoxy) is 1. The summed E-state index contributed by atoms with van der Waals surface area (Å²) in [6.07, 6.45) is 3.00. The van der Waals surface area contributed by atoms with Gasteiger partial charge in [0.05, 0.1) is 6.61 Å². The van der Waals surface area contributed by atoms with Crippen LogP contribution in [0, 0.1) is 0 Å². The Morgan fingerprint density at radius 2 is 2.40 bits per heavy atom. The molecule has 0 saturated heterocycles. The van der Waals surface area contributed by atoms with Gasteiger partial charge in [0.1, 0.15) is 0 Å². The Morgan fingerprint density at radius 1 is 1.60 bits per heavy atom. The molecule has 0 aromatic carbocycles. The van der Waals surface area contributed by atoms with Gasteiger partial charge in [-0.3, -0.25) is 0 Å². The minimum Gasteiger partial charge on any atom is -0.380 e. The van der Waals surface area contributed by atoms with Gasteiger partial charge in [-0.1, -0.05) is 6.92 Å². The van der Waals surface area contributed by atoms with Gasteiger partial charge in [0.15, 0.2) is 0 Å². The Morgan fingerprint density at radius 3 is 3.00 bits per heavy atom. The van der Waals surface area contributed by atoms with E-state index >= 15 is 0 Å². The van der Waals surface area contributed by atoms with Crippen molar-refractivity contribution in [3.8, 4) is 0 Å². The summed E-state index contributed by atoms with van der Waals surface area (Å²) in [5.74, 6) is 0. The monoisotopic (exact) mass is 139 g/mol. The highest BCUT2D eigenvalue weighted by Gasteiger charge is 1.98. The molecule has 0 saturated carbocycles. The zero-order chi connectivity index (χ0) is 7.40. The van der Waals surface area contributed by atoms with Gasteiger partial charge in [-0.15, -0.1) is 0 Å². The lowest BCUT2D eigenvalue weighted by atomic mass is 10.2. The summed E-state index contributed by atoms with van der Waals surface area (Å²) in [7, 11) is 1.71. The predicted molar refractivity (Wildman–Crippen MR) is 40.9 cm³/mol. The number of aromatic amines is 1. The van der Waals surface area contributed by atoms with Crippen molar-refractivity contribution in [3.05, 3.63) is 23.5 Å². The molecule has 0 spiro atoms. The molecule has 1 heterocycles. The van der Waals surface area contributed by atoms with Crippen molar-refractivity contribution in [3.63, 3.8) is 0 Å². The molecule has 0 unspecified atom stereocenters. The Bertz CT molecular complexity index is 193. The molecule has 0 radical (unpaired) electrons. The number of rotatable bonds is 3. The van der Waals surface area contributed by atoms with Crippen LogP contribution in [0.3, 0.4) is 0 Å². The number of nitrogens with one attached hydrogen (secondary N) is 1. The Hall–Kier alpha value is -0.760. The summed E-state index contributed by atoms with van der Waals surface area (Å²) in [5, 5.41) is 0. The molecule has 0 fully saturated rings. The fourth-order valence-corrected chi connectivity index (χ4v) is 1.06. The first-order valence-corrected chi connectivity index (χ1v) is 3.52. The summed E-state index contributed by atoms with van der Waals surface area (Å²) in [6.45, 7) is 2.84. The van der Waals surface area contributed by atoms with Crippen molar-refractivity contribution in [2.75, 3.05) is 7.11 Å². The van der Waals surface area contributed by atoms with E-state index in [1.165, 1.54) is 11.3 Å². The maximum atomic E-state index is 5.01. The molecule has 10 heavy (non-hydrogen) atoms.